The Morgan fingerprint density at radius 3 is 2.59 bits per heavy atom. The van der Waals surface area contributed by atoms with Crippen LogP contribution in [-0.4, -0.2) is 56.5 Å². The molecule has 0 saturated carbocycles. The van der Waals surface area contributed by atoms with Crippen LogP contribution in [0.4, 0.5) is 0 Å². The van der Waals surface area contributed by atoms with E-state index in [0.717, 1.165) is 41.9 Å². The number of ether oxygens (including phenoxy) is 2. The third kappa shape index (κ3) is 3.85. The van der Waals surface area contributed by atoms with Crippen molar-refractivity contribution in [2.75, 3.05) is 20.2 Å². The van der Waals surface area contributed by atoms with Crippen molar-refractivity contribution in [2.45, 2.75) is 39.1 Å². The van der Waals surface area contributed by atoms with Crippen LogP contribution in [0.25, 0.3) is 16.7 Å². The van der Waals surface area contributed by atoms with Gasteiger partial charge in [0.05, 0.1) is 31.2 Å². The molecule has 1 aliphatic heterocycles. The molecule has 32 heavy (non-hydrogen) atoms. The van der Waals surface area contributed by atoms with Crippen molar-refractivity contribution in [3.8, 4) is 5.75 Å². The molecule has 0 spiro atoms. The van der Waals surface area contributed by atoms with Gasteiger partial charge in [-0.05, 0) is 47.7 Å². The molecule has 3 aromatic heterocycles. The quantitative estimate of drug-likeness (QED) is 0.472. The number of nitrogens with zero attached hydrogens (tertiary/aromatic N) is 5. The minimum absolute atomic E-state index is 0.205. The van der Waals surface area contributed by atoms with Crippen LogP contribution < -0.4 is 15.4 Å². The van der Waals surface area contributed by atoms with E-state index in [9.17, 15) is 4.79 Å². The minimum atomic E-state index is -0.236. The number of benzene rings is 1. The van der Waals surface area contributed by atoms with Crippen molar-refractivity contribution in [3.05, 3.63) is 64.5 Å². The highest BCUT2D eigenvalue weighted by Crippen LogP contribution is 2.20. The van der Waals surface area contributed by atoms with Crippen LogP contribution in [0.1, 0.15) is 25.0 Å². The molecule has 0 aliphatic carbocycles. The summed E-state index contributed by atoms with van der Waals surface area (Å²) in [5.41, 5.74) is 3.11. The second kappa shape index (κ2) is 8.33. The summed E-state index contributed by atoms with van der Waals surface area (Å²) in [6, 6.07) is 9.78. The smallest absolute Gasteiger partial charge is 0.425 e. The molecule has 4 heterocycles. The van der Waals surface area contributed by atoms with Gasteiger partial charge in [-0.1, -0.05) is 12.1 Å². The topological polar surface area (TPSA) is 88.0 Å². The highest BCUT2D eigenvalue weighted by molar-refractivity contribution is 5.87. The zero-order valence-electron chi connectivity index (χ0n) is 18.5. The van der Waals surface area contributed by atoms with Gasteiger partial charge in [-0.3, -0.25) is 9.47 Å². The Balaban J connectivity index is 1.55. The summed E-state index contributed by atoms with van der Waals surface area (Å²) < 4.78 is 14.1. The number of H-pyrrole nitrogens is 1. The van der Waals surface area contributed by atoms with Crippen LogP contribution in [0.5, 0.6) is 5.75 Å². The van der Waals surface area contributed by atoms with Gasteiger partial charge in [0.2, 0.25) is 0 Å². The molecule has 5 rings (SSSR count). The summed E-state index contributed by atoms with van der Waals surface area (Å²) in [4.78, 5) is 23.4. The second-order valence-electron chi connectivity index (χ2n) is 8.43. The lowest BCUT2D eigenvalue weighted by Gasteiger charge is -2.35. The molecule has 0 bridgehead atoms. The van der Waals surface area contributed by atoms with Gasteiger partial charge in [0, 0.05) is 30.9 Å². The SMILES string of the molecule is COc1ccc(Cn2c(=O)n3nc[nH+]c3c3cc(CN4C[C@@H](C)O[C@@H](C)C4)cnc32)cc1. The van der Waals surface area contributed by atoms with Gasteiger partial charge in [-0.2, -0.15) is 0 Å². The summed E-state index contributed by atoms with van der Waals surface area (Å²) >= 11 is 0. The van der Waals surface area contributed by atoms with Crippen molar-refractivity contribution in [1.29, 1.82) is 0 Å². The third-order valence-electron chi connectivity index (χ3n) is 5.83. The monoisotopic (exact) mass is 435 g/mol. The van der Waals surface area contributed by atoms with Crippen molar-refractivity contribution >= 4 is 16.7 Å². The maximum absolute atomic E-state index is 13.2. The Hall–Kier alpha value is -3.30. The fourth-order valence-electron chi connectivity index (χ4n) is 4.51. The van der Waals surface area contributed by atoms with E-state index < -0.39 is 0 Å². The fraction of sp³-hybridized carbons (Fsp3) is 0.391. The number of morpholine rings is 1. The number of aromatic nitrogens is 5. The van der Waals surface area contributed by atoms with Crippen LogP contribution in [-0.2, 0) is 17.8 Å². The van der Waals surface area contributed by atoms with Gasteiger partial charge in [0.25, 0.3) is 12.0 Å². The van der Waals surface area contributed by atoms with E-state index in [0.29, 0.717) is 17.8 Å². The Morgan fingerprint density at radius 2 is 1.88 bits per heavy atom. The molecular weight excluding hydrogens is 408 g/mol. The first-order valence-electron chi connectivity index (χ1n) is 10.8. The summed E-state index contributed by atoms with van der Waals surface area (Å²) in [7, 11) is 1.63. The van der Waals surface area contributed by atoms with E-state index in [1.54, 1.807) is 11.7 Å². The lowest BCUT2D eigenvalue weighted by Crippen LogP contribution is -2.44. The maximum Gasteiger partial charge on any atom is 0.425 e. The van der Waals surface area contributed by atoms with Crippen LogP contribution in [0.2, 0.25) is 0 Å². The molecule has 0 radical (unpaired) electrons. The molecule has 9 heteroatoms. The number of methoxy groups -OCH3 is 1. The second-order valence-corrected chi connectivity index (χ2v) is 8.43. The first-order valence-corrected chi connectivity index (χ1v) is 10.8. The number of pyridine rings is 1. The molecule has 1 fully saturated rings. The minimum Gasteiger partial charge on any atom is -0.497 e. The predicted molar refractivity (Wildman–Crippen MR) is 119 cm³/mol. The molecular formula is C23H27N6O3+. The lowest BCUT2D eigenvalue weighted by molar-refractivity contribution is -0.345. The summed E-state index contributed by atoms with van der Waals surface area (Å²) in [5, 5.41) is 5.08. The number of aromatic amines is 1. The van der Waals surface area contributed by atoms with Crippen molar-refractivity contribution in [1.82, 2.24) is 24.1 Å². The molecule has 1 aliphatic rings. The average Bonchev–Trinajstić information content (AvgIpc) is 3.27. The van der Waals surface area contributed by atoms with E-state index in [-0.39, 0.29) is 17.9 Å². The third-order valence-corrected chi connectivity index (χ3v) is 5.83. The Bertz CT molecular complexity index is 1300. The van der Waals surface area contributed by atoms with Gasteiger partial charge in [0.15, 0.2) is 5.65 Å². The summed E-state index contributed by atoms with van der Waals surface area (Å²) in [5.74, 6) is 0.776. The highest BCUT2D eigenvalue weighted by Gasteiger charge is 2.24. The zero-order chi connectivity index (χ0) is 22.2. The van der Waals surface area contributed by atoms with Gasteiger partial charge >= 0.3 is 5.69 Å². The number of hydrogen-bond donors (Lipinski definition) is 0. The van der Waals surface area contributed by atoms with Gasteiger partial charge in [0.1, 0.15) is 5.75 Å². The van der Waals surface area contributed by atoms with Crippen molar-refractivity contribution in [2.24, 2.45) is 0 Å². The van der Waals surface area contributed by atoms with Crippen molar-refractivity contribution < 1.29 is 14.5 Å². The molecule has 9 nitrogen and oxygen atoms in total. The first kappa shape index (κ1) is 20.6. The normalized spacial score (nSPS) is 19.6. The van der Waals surface area contributed by atoms with Crippen LogP contribution >= 0.6 is 0 Å². The van der Waals surface area contributed by atoms with E-state index >= 15 is 0 Å². The molecule has 0 unspecified atom stereocenters. The number of nitrogens with one attached hydrogen (secondary N) is 1. The summed E-state index contributed by atoms with van der Waals surface area (Å²) in [6.45, 7) is 7.13. The fourth-order valence-corrected chi connectivity index (χ4v) is 4.51. The summed E-state index contributed by atoms with van der Waals surface area (Å²) in [6.07, 6.45) is 3.81. The van der Waals surface area contributed by atoms with Crippen LogP contribution in [0, 0.1) is 0 Å². The van der Waals surface area contributed by atoms with Crippen molar-refractivity contribution in [3.63, 3.8) is 0 Å². The number of fused-ring (bicyclic) bond motifs is 3. The molecule has 1 N–H and O–H groups in total. The Morgan fingerprint density at radius 1 is 1.12 bits per heavy atom. The lowest BCUT2D eigenvalue weighted by atomic mass is 10.1. The van der Waals surface area contributed by atoms with E-state index in [1.807, 2.05) is 30.5 Å². The average molecular weight is 436 g/mol. The zero-order valence-corrected chi connectivity index (χ0v) is 18.5. The Kier molecular flexibility index (Phi) is 5.36. The number of hydrogen-bond acceptors (Lipinski definition) is 6. The standard InChI is InChI=1S/C23H26N6O3/c1-15-10-27(11-16(2)32-15)12-18-8-20-21(24-9-18)28(23(30)29-22(20)25-14-26-29)13-17-4-6-19(31-3)7-5-17/h4-9,14-16H,10-13H2,1-3H3/p+1/t15-,16+. The number of rotatable bonds is 5. The molecule has 0 amide bonds. The van der Waals surface area contributed by atoms with Gasteiger partial charge < -0.3 is 9.47 Å². The van der Waals surface area contributed by atoms with E-state index in [1.165, 1.54) is 10.8 Å². The maximum atomic E-state index is 13.2. The van der Waals surface area contributed by atoms with E-state index in [4.69, 9.17) is 14.5 Å². The van der Waals surface area contributed by atoms with Crippen LogP contribution in [0.15, 0.2) is 47.7 Å². The largest absolute Gasteiger partial charge is 0.497 e. The molecule has 2 atom stereocenters. The van der Waals surface area contributed by atoms with Gasteiger partial charge in [-0.15, -0.1) is 0 Å². The molecule has 4 aromatic rings. The molecule has 1 aromatic carbocycles. The van der Waals surface area contributed by atoms with Gasteiger partial charge in [-0.25, -0.2) is 14.8 Å². The molecule has 166 valence electrons. The van der Waals surface area contributed by atoms with Crippen LogP contribution in [0.3, 0.4) is 0 Å². The predicted octanol–water partition coefficient (Wildman–Crippen LogP) is 1.52. The van der Waals surface area contributed by atoms with E-state index in [2.05, 4.69) is 34.9 Å². The molecule has 1 saturated heterocycles. The Labute approximate surface area is 185 Å². The first-order chi connectivity index (χ1) is 15.5. The highest BCUT2D eigenvalue weighted by atomic mass is 16.5.